The van der Waals surface area contributed by atoms with Gasteiger partial charge in [0.1, 0.15) is 0 Å². The summed E-state index contributed by atoms with van der Waals surface area (Å²) in [5.41, 5.74) is 5.32. The molecule has 2 N–H and O–H groups in total. The Hall–Kier alpha value is -3.38. The molecule has 0 aliphatic rings. The molecule has 0 unspecified atom stereocenters. The second-order valence-corrected chi connectivity index (χ2v) is 6.82. The van der Waals surface area contributed by atoms with Crippen molar-refractivity contribution < 1.29 is 0 Å². The van der Waals surface area contributed by atoms with Crippen LogP contribution >= 0.6 is 11.3 Å². The SMILES string of the molecule is c1cn(-c2ccc(-c3csc(Nc4ccc5[nH]ccc5c4)n3)cc2)cn1. The maximum absolute atomic E-state index is 4.72. The number of rotatable bonds is 4. The fraction of sp³-hybridized carbons (Fsp3) is 0. The van der Waals surface area contributed by atoms with Crippen LogP contribution in [0.15, 0.2) is 78.8 Å². The highest BCUT2D eigenvalue weighted by atomic mass is 32.1. The molecule has 5 nitrogen and oxygen atoms in total. The third-order valence-electron chi connectivity index (χ3n) is 4.27. The molecule has 5 aromatic rings. The van der Waals surface area contributed by atoms with E-state index in [1.54, 1.807) is 23.9 Å². The number of imidazole rings is 1. The number of nitrogens with one attached hydrogen (secondary N) is 2. The molecular formula is C20H15N5S. The first kappa shape index (κ1) is 14.9. The van der Waals surface area contributed by atoms with E-state index in [9.17, 15) is 0 Å². The van der Waals surface area contributed by atoms with Crippen molar-refractivity contribution in [1.82, 2.24) is 19.5 Å². The van der Waals surface area contributed by atoms with Crippen LogP contribution in [0.3, 0.4) is 0 Å². The number of fused-ring (bicyclic) bond motifs is 1. The van der Waals surface area contributed by atoms with E-state index in [2.05, 4.69) is 69.2 Å². The summed E-state index contributed by atoms with van der Waals surface area (Å²) in [6.45, 7) is 0. The van der Waals surface area contributed by atoms with Crippen LogP contribution < -0.4 is 5.32 Å². The molecule has 26 heavy (non-hydrogen) atoms. The Labute approximate surface area is 154 Å². The molecular weight excluding hydrogens is 342 g/mol. The normalized spacial score (nSPS) is 11.1. The number of anilines is 2. The van der Waals surface area contributed by atoms with E-state index in [-0.39, 0.29) is 0 Å². The van der Waals surface area contributed by atoms with Crippen LogP contribution in [0.4, 0.5) is 10.8 Å². The van der Waals surface area contributed by atoms with Gasteiger partial charge in [-0.15, -0.1) is 11.3 Å². The topological polar surface area (TPSA) is 58.5 Å². The molecule has 6 heteroatoms. The second-order valence-electron chi connectivity index (χ2n) is 5.96. The van der Waals surface area contributed by atoms with Gasteiger partial charge in [0.2, 0.25) is 0 Å². The molecule has 2 aromatic carbocycles. The molecule has 0 bridgehead atoms. The van der Waals surface area contributed by atoms with Gasteiger partial charge in [0, 0.05) is 51.8 Å². The van der Waals surface area contributed by atoms with Gasteiger partial charge in [-0.25, -0.2) is 9.97 Å². The predicted octanol–water partition coefficient (Wildman–Crippen LogP) is 5.22. The number of thiazole rings is 1. The molecule has 0 radical (unpaired) electrons. The van der Waals surface area contributed by atoms with Gasteiger partial charge in [-0.3, -0.25) is 0 Å². The molecule has 0 atom stereocenters. The molecule has 0 aliphatic carbocycles. The fourth-order valence-corrected chi connectivity index (χ4v) is 3.67. The van der Waals surface area contributed by atoms with Gasteiger partial charge in [-0.1, -0.05) is 12.1 Å². The van der Waals surface area contributed by atoms with Crippen LogP contribution in [0.5, 0.6) is 0 Å². The Morgan fingerprint density at radius 3 is 2.81 bits per heavy atom. The predicted molar refractivity (Wildman–Crippen MR) is 106 cm³/mol. The van der Waals surface area contributed by atoms with E-state index in [1.165, 1.54) is 5.39 Å². The van der Waals surface area contributed by atoms with Crippen molar-refractivity contribution in [3.05, 3.63) is 78.8 Å². The van der Waals surface area contributed by atoms with Crippen LogP contribution in [-0.2, 0) is 0 Å². The molecule has 0 saturated carbocycles. The van der Waals surface area contributed by atoms with Crippen LogP contribution in [0.2, 0.25) is 0 Å². The van der Waals surface area contributed by atoms with Gasteiger partial charge >= 0.3 is 0 Å². The first-order valence-electron chi connectivity index (χ1n) is 8.24. The maximum atomic E-state index is 4.72. The molecule has 0 spiro atoms. The molecule has 0 aliphatic heterocycles. The Kier molecular flexibility index (Phi) is 3.54. The van der Waals surface area contributed by atoms with E-state index in [4.69, 9.17) is 4.98 Å². The summed E-state index contributed by atoms with van der Waals surface area (Å²) in [6.07, 6.45) is 7.45. The van der Waals surface area contributed by atoms with E-state index in [0.29, 0.717) is 0 Å². The minimum absolute atomic E-state index is 0.883. The highest BCUT2D eigenvalue weighted by molar-refractivity contribution is 7.14. The molecule has 0 saturated heterocycles. The average Bonchev–Trinajstić information content (AvgIpc) is 3.43. The lowest BCUT2D eigenvalue weighted by Gasteiger charge is -2.04. The van der Waals surface area contributed by atoms with Gasteiger partial charge in [0.25, 0.3) is 0 Å². The zero-order valence-corrected chi connectivity index (χ0v) is 14.6. The average molecular weight is 357 g/mol. The van der Waals surface area contributed by atoms with Crippen molar-refractivity contribution in [1.29, 1.82) is 0 Å². The van der Waals surface area contributed by atoms with Gasteiger partial charge in [0.05, 0.1) is 12.0 Å². The number of hydrogen-bond donors (Lipinski definition) is 2. The number of aromatic nitrogens is 4. The van der Waals surface area contributed by atoms with Crippen LogP contribution in [0.1, 0.15) is 0 Å². The molecule has 0 fully saturated rings. The van der Waals surface area contributed by atoms with Crippen molar-refractivity contribution in [2.45, 2.75) is 0 Å². The summed E-state index contributed by atoms with van der Waals surface area (Å²) < 4.78 is 1.98. The van der Waals surface area contributed by atoms with E-state index < -0.39 is 0 Å². The van der Waals surface area contributed by atoms with Gasteiger partial charge in [-0.2, -0.15) is 0 Å². The van der Waals surface area contributed by atoms with Crippen molar-refractivity contribution >= 4 is 33.1 Å². The number of benzene rings is 2. The Morgan fingerprint density at radius 2 is 1.96 bits per heavy atom. The number of H-pyrrole nitrogens is 1. The zero-order valence-electron chi connectivity index (χ0n) is 13.8. The third kappa shape index (κ3) is 2.76. The second kappa shape index (κ2) is 6.16. The summed E-state index contributed by atoms with van der Waals surface area (Å²) in [4.78, 5) is 12.0. The number of hydrogen-bond acceptors (Lipinski definition) is 4. The minimum atomic E-state index is 0.883. The number of nitrogens with zero attached hydrogens (tertiary/aromatic N) is 3. The smallest absolute Gasteiger partial charge is 0.187 e. The van der Waals surface area contributed by atoms with E-state index >= 15 is 0 Å². The van der Waals surface area contributed by atoms with Crippen LogP contribution in [0.25, 0.3) is 27.8 Å². The van der Waals surface area contributed by atoms with Gasteiger partial charge < -0.3 is 14.9 Å². The quantitative estimate of drug-likeness (QED) is 0.463. The maximum Gasteiger partial charge on any atom is 0.187 e. The first-order valence-corrected chi connectivity index (χ1v) is 9.12. The van der Waals surface area contributed by atoms with Crippen molar-refractivity contribution in [2.24, 2.45) is 0 Å². The summed E-state index contributed by atoms with van der Waals surface area (Å²) in [6, 6.07) is 16.6. The van der Waals surface area contributed by atoms with Crippen LogP contribution in [-0.4, -0.2) is 19.5 Å². The molecule has 5 rings (SSSR count). The third-order valence-corrected chi connectivity index (χ3v) is 5.03. The summed E-state index contributed by atoms with van der Waals surface area (Å²) >= 11 is 1.60. The molecule has 0 amide bonds. The number of aromatic amines is 1. The van der Waals surface area contributed by atoms with Crippen molar-refractivity contribution in [3.63, 3.8) is 0 Å². The minimum Gasteiger partial charge on any atom is -0.361 e. The lowest BCUT2D eigenvalue weighted by atomic mass is 10.1. The van der Waals surface area contributed by atoms with Gasteiger partial charge in [0.15, 0.2) is 5.13 Å². The Bertz CT molecular complexity index is 1150. The lowest BCUT2D eigenvalue weighted by molar-refractivity contribution is 1.06. The monoisotopic (exact) mass is 357 g/mol. The molecule has 3 aromatic heterocycles. The highest BCUT2D eigenvalue weighted by Gasteiger charge is 2.06. The lowest BCUT2D eigenvalue weighted by Crippen LogP contribution is -1.90. The van der Waals surface area contributed by atoms with Crippen LogP contribution in [0, 0.1) is 0 Å². The highest BCUT2D eigenvalue weighted by Crippen LogP contribution is 2.28. The zero-order chi connectivity index (χ0) is 17.3. The summed E-state index contributed by atoms with van der Waals surface area (Å²) in [5, 5.41) is 7.53. The van der Waals surface area contributed by atoms with Crippen molar-refractivity contribution in [2.75, 3.05) is 5.32 Å². The van der Waals surface area contributed by atoms with Gasteiger partial charge in [-0.05, 0) is 36.4 Å². The van der Waals surface area contributed by atoms with Crippen molar-refractivity contribution in [3.8, 4) is 16.9 Å². The van der Waals surface area contributed by atoms with E-state index in [0.717, 1.165) is 33.3 Å². The molecule has 3 heterocycles. The fourth-order valence-electron chi connectivity index (χ4n) is 2.93. The Morgan fingerprint density at radius 1 is 1.04 bits per heavy atom. The summed E-state index contributed by atoms with van der Waals surface area (Å²) in [7, 11) is 0. The summed E-state index contributed by atoms with van der Waals surface area (Å²) in [5.74, 6) is 0. The first-order chi connectivity index (χ1) is 12.8. The standard InChI is InChI=1S/C20H15N5S/c1-4-17(25-10-9-21-13-25)5-2-14(1)19-12-26-20(24-19)23-16-3-6-18-15(11-16)7-8-22-18/h1-13,22H,(H,23,24). The molecule has 126 valence electrons. The van der Waals surface area contributed by atoms with E-state index in [1.807, 2.05) is 17.0 Å². The largest absolute Gasteiger partial charge is 0.361 e. The Balaban J connectivity index is 1.37.